The van der Waals surface area contributed by atoms with E-state index in [0.717, 1.165) is 0 Å². The van der Waals surface area contributed by atoms with E-state index in [2.05, 4.69) is 15.1 Å². The maximum atomic E-state index is 11.2. The molecule has 2 aromatic heterocycles. The number of nitrogen functional groups attached to an aromatic ring is 1. The molecule has 0 aliphatic rings. The van der Waals surface area contributed by atoms with Gasteiger partial charge in [-0.05, 0) is 6.92 Å². The average molecular weight is 165 g/mol. The summed E-state index contributed by atoms with van der Waals surface area (Å²) in [5.74, 6) is 0.489. The van der Waals surface area contributed by atoms with Crippen LogP contribution in [0.4, 0.5) is 5.95 Å². The number of nitrogens with two attached hydrogens (primary N) is 1. The van der Waals surface area contributed by atoms with Crippen LogP contribution in [0.1, 0.15) is 5.69 Å². The molecule has 0 bridgehead atoms. The second-order valence-corrected chi connectivity index (χ2v) is 2.48. The van der Waals surface area contributed by atoms with Crippen molar-refractivity contribution in [3.63, 3.8) is 0 Å². The van der Waals surface area contributed by atoms with E-state index in [1.807, 2.05) is 0 Å². The van der Waals surface area contributed by atoms with Gasteiger partial charge in [-0.1, -0.05) is 0 Å². The zero-order chi connectivity index (χ0) is 8.72. The Kier molecular flexibility index (Phi) is 1.18. The lowest BCUT2D eigenvalue weighted by atomic mass is 10.5. The monoisotopic (exact) mass is 165 g/mol. The van der Waals surface area contributed by atoms with Gasteiger partial charge in [-0.15, -0.1) is 0 Å². The summed E-state index contributed by atoms with van der Waals surface area (Å²) in [6.07, 6.45) is 0. The molecule has 0 saturated carbocycles. The number of aromatic nitrogens is 4. The summed E-state index contributed by atoms with van der Waals surface area (Å²) in [7, 11) is 0. The maximum absolute atomic E-state index is 11.2. The van der Waals surface area contributed by atoms with Crippen molar-refractivity contribution in [3.05, 3.63) is 22.1 Å². The lowest BCUT2D eigenvalue weighted by molar-refractivity contribution is 0.893. The number of nitrogens with zero attached hydrogens (tertiary/aromatic N) is 3. The van der Waals surface area contributed by atoms with Crippen molar-refractivity contribution >= 4 is 11.7 Å². The van der Waals surface area contributed by atoms with E-state index in [9.17, 15) is 4.79 Å². The molecular weight excluding hydrogens is 158 g/mol. The fraction of sp³-hybridized carbons (Fsp3) is 0.167. The van der Waals surface area contributed by atoms with Crippen molar-refractivity contribution in [1.82, 2.24) is 19.6 Å². The summed E-state index contributed by atoms with van der Waals surface area (Å²) in [4.78, 5) is 19.0. The standard InChI is InChI=1S/C6H7N5O/c1-3-2-4(12)11-6(8-3)9-5(7)10-11/h2H,1H3,(H3,7,8,9,10). The first kappa shape index (κ1) is 6.84. The van der Waals surface area contributed by atoms with Crippen LogP contribution in [0.3, 0.4) is 0 Å². The number of aromatic amines is 1. The van der Waals surface area contributed by atoms with Gasteiger partial charge in [0.25, 0.3) is 11.3 Å². The van der Waals surface area contributed by atoms with Gasteiger partial charge in [-0.2, -0.15) is 9.50 Å². The predicted octanol–water partition coefficient (Wildman–Crippen LogP) is -0.692. The second kappa shape index (κ2) is 2.07. The first-order valence-electron chi connectivity index (χ1n) is 3.39. The number of anilines is 1. The number of hydrogen-bond donors (Lipinski definition) is 2. The number of nitrogens with one attached hydrogen (secondary N) is 1. The summed E-state index contributed by atoms with van der Waals surface area (Å²) >= 11 is 0. The van der Waals surface area contributed by atoms with Gasteiger partial charge in [0.15, 0.2) is 0 Å². The van der Waals surface area contributed by atoms with Crippen molar-refractivity contribution in [2.24, 2.45) is 0 Å². The molecular formula is C6H7N5O. The van der Waals surface area contributed by atoms with Gasteiger partial charge in [0.1, 0.15) is 0 Å². The molecule has 0 aliphatic heterocycles. The molecule has 0 unspecified atom stereocenters. The van der Waals surface area contributed by atoms with E-state index >= 15 is 0 Å². The molecule has 3 N–H and O–H groups in total. The third-order valence-corrected chi connectivity index (χ3v) is 1.48. The SMILES string of the molecule is Cc1cc(=O)n2[nH]c(N)nc2n1. The fourth-order valence-electron chi connectivity index (χ4n) is 1.01. The smallest absolute Gasteiger partial charge is 0.274 e. The molecule has 2 aromatic rings. The highest BCUT2D eigenvalue weighted by molar-refractivity contribution is 5.33. The quantitative estimate of drug-likeness (QED) is 0.540. The van der Waals surface area contributed by atoms with Crippen LogP contribution in [0.15, 0.2) is 10.9 Å². The highest BCUT2D eigenvalue weighted by Crippen LogP contribution is 1.95. The minimum Gasteiger partial charge on any atom is -0.368 e. The Morgan fingerprint density at radius 2 is 2.33 bits per heavy atom. The summed E-state index contributed by atoms with van der Waals surface area (Å²) in [5.41, 5.74) is 5.77. The first-order chi connectivity index (χ1) is 5.66. The summed E-state index contributed by atoms with van der Waals surface area (Å²) in [5, 5.41) is 2.56. The van der Waals surface area contributed by atoms with Crippen molar-refractivity contribution < 1.29 is 0 Å². The van der Waals surface area contributed by atoms with Gasteiger partial charge in [0.05, 0.1) is 0 Å². The lowest BCUT2D eigenvalue weighted by Crippen LogP contribution is -2.14. The molecule has 2 heterocycles. The van der Waals surface area contributed by atoms with E-state index < -0.39 is 0 Å². The number of aryl methyl sites for hydroxylation is 1. The van der Waals surface area contributed by atoms with Crippen LogP contribution in [0.25, 0.3) is 5.78 Å². The second-order valence-electron chi connectivity index (χ2n) is 2.48. The zero-order valence-corrected chi connectivity index (χ0v) is 6.40. The highest BCUT2D eigenvalue weighted by atomic mass is 16.1. The van der Waals surface area contributed by atoms with Gasteiger partial charge in [-0.25, -0.2) is 4.98 Å². The molecule has 0 radical (unpaired) electrons. The predicted molar refractivity (Wildman–Crippen MR) is 42.8 cm³/mol. The van der Waals surface area contributed by atoms with Crippen LogP contribution in [-0.4, -0.2) is 19.6 Å². The van der Waals surface area contributed by atoms with Crippen LogP contribution in [0.5, 0.6) is 0 Å². The first-order valence-corrected chi connectivity index (χ1v) is 3.39. The van der Waals surface area contributed by atoms with Crippen LogP contribution in [-0.2, 0) is 0 Å². The molecule has 0 amide bonds. The number of H-pyrrole nitrogens is 1. The fourth-order valence-corrected chi connectivity index (χ4v) is 1.01. The van der Waals surface area contributed by atoms with E-state index in [1.165, 1.54) is 10.6 Å². The topological polar surface area (TPSA) is 89.1 Å². The normalized spacial score (nSPS) is 10.8. The Labute approximate surface area is 67.0 Å². The Morgan fingerprint density at radius 1 is 1.58 bits per heavy atom. The van der Waals surface area contributed by atoms with Crippen molar-refractivity contribution in [2.75, 3.05) is 5.73 Å². The molecule has 2 rings (SSSR count). The Morgan fingerprint density at radius 3 is 3.08 bits per heavy atom. The molecule has 0 fully saturated rings. The van der Waals surface area contributed by atoms with Crippen LogP contribution in [0.2, 0.25) is 0 Å². The van der Waals surface area contributed by atoms with E-state index in [-0.39, 0.29) is 11.5 Å². The van der Waals surface area contributed by atoms with Gasteiger partial charge in [-0.3, -0.25) is 9.89 Å². The minimum atomic E-state index is -0.207. The molecule has 0 saturated heterocycles. The summed E-state index contributed by atoms with van der Waals surface area (Å²) in [6, 6.07) is 1.41. The van der Waals surface area contributed by atoms with Crippen molar-refractivity contribution in [3.8, 4) is 0 Å². The van der Waals surface area contributed by atoms with Gasteiger partial charge < -0.3 is 5.73 Å². The molecule has 12 heavy (non-hydrogen) atoms. The molecule has 62 valence electrons. The van der Waals surface area contributed by atoms with Crippen LogP contribution in [0, 0.1) is 6.92 Å². The van der Waals surface area contributed by atoms with Crippen molar-refractivity contribution in [2.45, 2.75) is 6.92 Å². The van der Waals surface area contributed by atoms with E-state index in [0.29, 0.717) is 11.5 Å². The number of rotatable bonds is 0. The average Bonchev–Trinajstić information content (AvgIpc) is 2.29. The summed E-state index contributed by atoms with van der Waals surface area (Å²) in [6.45, 7) is 1.73. The number of hydrogen-bond acceptors (Lipinski definition) is 4. The lowest BCUT2D eigenvalue weighted by Gasteiger charge is -1.90. The van der Waals surface area contributed by atoms with E-state index in [4.69, 9.17) is 5.73 Å². The van der Waals surface area contributed by atoms with Crippen LogP contribution < -0.4 is 11.3 Å². The highest BCUT2D eigenvalue weighted by Gasteiger charge is 2.02. The zero-order valence-electron chi connectivity index (χ0n) is 6.40. The molecule has 0 atom stereocenters. The van der Waals surface area contributed by atoms with Gasteiger partial charge in [0.2, 0.25) is 5.95 Å². The van der Waals surface area contributed by atoms with E-state index in [1.54, 1.807) is 6.92 Å². The number of fused-ring (bicyclic) bond motifs is 1. The largest absolute Gasteiger partial charge is 0.368 e. The Hall–Kier alpha value is -1.85. The Bertz CT molecular complexity index is 482. The third kappa shape index (κ3) is 0.849. The molecule has 6 nitrogen and oxygen atoms in total. The van der Waals surface area contributed by atoms with Gasteiger partial charge in [0, 0.05) is 11.8 Å². The molecule has 6 heteroatoms. The third-order valence-electron chi connectivity index (χ3n) is 1.48. The Balaban J connectivity index is 2.98. The summed E-state index contributed by atoms with van der Waals surface area (Å²) < 4.78 is 1.20. The molecule has 0 aromatic carbocycles. The van der Waals surface area contributed by atoms with Gasteiger partial charge >= 0.3 is 0 Å². The van der Waals surface area contributed by atoms with Crippen molar-refractivity contribution in [1.29, 1.82) is 0 Å². The minimum absolute atomic E-state index is 0.185. The molecule has 0 aliphatic carbocycles. The maximum Gasteiger partial charge on any atom is 0.274 e. The molecule has 0 spiro atoms. The van der Waals surface area contributed by atoms with Crippen LogP contribution >= 0.6 is 0 Å².